The Morgan fingerprint density at radius 3 is 2.50 bits per heavy atom. The van der Waals surface area contributed by atoms with E-state index in [1.165, 1.54) is 17.2 Å². The number of carbonyl (C=O) groups excluding carboxylic acids is 1. The van der Waals surface area contributed by atoms with Crippen molar-refractivity contribution in [2.75, 3.05) is 13.1 Å². The molecule has 1 aromatic heterocycles. The van der Waals surface area contributed by atoms with E-state index in [4.69, 9.17) is 4.74 Å². The topological polar surface area (TPSA) is 42.4 Å². The first kappa shape index (κ1) is 17.1. The molecule has 1 amide bonds. The van der Waals surface area contributed by atoms with Crippen molar-refractivity contribution >= 4 is 22.0 Å². The molecule has 7 heteroatoms. The van der Waals surface area contributed by atoms with Gasteiger partial charge in [-0.25, -0.2) is 13.6 Å². The Kier molecular flexibility index (Phi) is 4.75. The molecule has 1 saturated heterocycles. The highest BCUT2D eigenvalue weighted by Gasteiger charge is 2.41. The van der Waals surface area contributed by atoms with Gasteiger partial charge < -0.3 is 9.64 Å². The maximum Gasteiger partial charge on any atom is 0.410 e. The summed E-state index contributed by atoms with van der Waals surface area (Å²) in [4.78, 5) is 17.3. The largest absolute Gasteiger partial charge is 0.444 e. The first-order valence-electron chi connectivity index (χ1n) is 7.09. The summed E-state index contributed by atoms with van der Waals surface area (Å²) >= 11 is 3.10. The van der Waals surface area contributed by atoms with Crippen molar-refractivity contribution in [1.29, 1.82) is 0 Å². The highest BCUT2D eigenvalue weighted by atomic mass is 79.9. The van der Waals surface area contributed by atoms with Gasteiger partial charge in [-0.1, -0.05) is 0 Å². The van der Waals surface area contributed by atoms with Gasteiger partial charge in [0.25, 0.3) is 0 Å². The van der Waals surface area contributed by atoms with Gasteiger partial charge in [0.15, 0.2) is 5.67 Å². The third-order valence-electron chi connectivity index (χ3n) is 3.44. The summed E-state index contributed by atoms with van der Waals surface area (Å²) in [5, 5.41) is 0. The lowest BCUT2D eigenvalue weighted by Crippen LogP contribution is -2.45. The molecule has 0 radical (unpaired) electrons. The Hall–Kier alpha value is -1.24. The van der Waals surface area contributed by atoms with Crippen molar-refractivity contribution in [3.05, 3.63) is 28.2 Å². The van der Waals surface area contributed by atoms with Crippen LogP contribution in [0.25, 0.3) is 0 Å². The predicted molar refractivity (Wildman–Crippen MR) is 81.7 cm³/mol. The van der Waals surface area contributed by atoms with Crippen molar-refractivity contribution in [2.45, 2.75) is 44.9 Å². The summed E-state index contributed by atoms with van der Waals surface area (Å²) in [6.07, 6.45) is 0.897. The normalized spacial score (nSPS) is 18.2. The molecule has 0 atom stereocenters. The molecule has 0 saturated carbocycles. The molecular formula is C15H19BrF2N2O2. The van der Waals surface area contributed by atoms with Gasteiger partial charge in [-0.15, -0.1) is 0 Å². The van der Waals surface area contributed by atoms with Crippen LogP contribution in [-0.2, 0) is 10.4 Å². The van der Waals surface area contributed by atoms with Crippen LogP contribution < -0.4 is 0 Å². The van der Waals surface area contributed by atoms with Gasteiger partial charge >= 0.3 is 6.09 Å². The van der Waals surface area contributed by atoms with E-state index in [0.717, 1.165) is 0 Å². The Balaban J connectivity index is 2.06. The number of carbonyl (C=O) groups is 1. The monoisotopic (exact) mass is 376 g/mol. The van der Waals surface area contributed by atoms with Gasteiger partial charge in [0, 0.05) is 36.6 Å². The fourth-order valence-electron chi connectivity index (χ4n) is 2.35. The Morgan fingerprint density at radius 1 is 1.41 bits per heavy atom. The second kappa shape index (κ2) is 6.10. The molecule has 0 aromatic carbocycles. The van der Waals surface area contributed by atoms with E-state index in [2.05, 4.69) is 20.9 Å². The number of rotatable bonds is 1. The number of piperidine rings is 1. The van der Waals surface area contributed by atoms with Gasteiger partial charge in [0.1, 0.15) is 17.1 Å². The first-order chi connectivity index (χ1) is 10.1. The van der Waals surface area contributed by atoms with Crippen molar-refractivity contribution < 1.29 is 18.3 Å². The zero-order valence-corrected chi connectivity index (χ0v) is 14.4. The number of aromatic nitrogens is 1. The molecule has 22 heavy (non-hydrogen) atoms. The summed E-state index contributed by atoms with van der Waals surface area (Å²) < 4.78 is 34.6. The number of hydrogen-bond donors (Lipinski definition) is 0. The Labute approximate surface area is 137 Å². The van der Waals surface area contributed by atoms with Crippen LogP contribution in [0.3, 0.4) is 0 Å². The van der Waals surface area contributed by atoms with Gasteiger partial charge in [-0.3, -0.25) is 4.98 Å². The Morgan fingerprint density at radius 2 is 2.00 bits per heavy atom. The summed E-state index contributed by atoms with van der Waals surface area (Å²) in [6, 6.07) is 1.20. The van der Waals surface area contributed by atoms with E-state index in [0.29, 0.717) is 4.47 Å². The van der Waals surface area contributed by atoms with Crippen LogP contribution in [-0.4, -0.2) is 34.7 Å². The van der Waals surface area contributed by atoms with Crippen LogP contribution in [0.15, 0.2) is 16.7 Å². The van der Waals surface area contributed by atoms with Crippen LogP contribution in [0.2, 0.25) is 0 Å². The van der Waals surface area contributed by atoms with Crippen LogP contribution in [0, 0.1) is 5.82 Å². The standard InChI is InChI=1S/C15H19BrF2N2O2/c1-14(2,3)22-13(21)20-6-4-15(18,5-7-20)12-11(17)8-10(16)9-19-12/h8-9H,4-7H2,1-3H3. The highest BCUT2D eigenvalue weighted by molar-refractivity contribution is 9.10. The zero-order valence-electron chi connectivity index (χ0n) is 12.8. The zero-order chi connectivity index (χ0) is 16.5. The van der Waals surface area contributed by atoms with Gasteiger partial charge in [0.2, 0.25) is 0 Å². The molecule has 0 bridgehead atoms. The molecule has 0 aliphatic carbocycles. The lowest BCUT2D eigenvalue weighted by Gasteiger charge is -2.36. The van der Waals surface area contributed by atoms with Crippen molar-refractivity contribution in [3.63, 3.8) is 0 Å². The number of pyridine rings is 1. The van der Waals surface area contributed by atoms with Crippen LogP contribution in [0.5, 0.6) is 0 Å². The number of hydrogen-bond acceptors (Lipinski definition) is 3. The SMILES string of the molecule is CC(C)(C)OC(=O)N1CCC(F)(c2ncc(Br)cc2F)CC1. The number of alkyl halides is 1. The lowest BCUT2D eigenvalue weighted by atomic mass is 9.89. The van der Waals surface area contributed by atoms with E-state index in [-0.39, 0.29) is 31.6 Å². The maximum absolute atomic E-state index is 15.0. The van der Waals surface area contributed by atoms with Gasteiger partial charge in [-0.2, -0.15) is 0 Å². The fourth-order valence-corrected chi connectivity index (χ4v) is 2.65. The summed E-state index contributed by atoms with van der Waals surface area (Å²) in [7, 11) is 0. The lowest BCUT2D eigenvalue weighted by molar-refractivity contribution is 0.000460. The number of likely N-dealkylation sites (tertiary alicyclic amines) is 1. The third-order valence-corrected chi connectivity index (χ3v) is 3.87. The van der Waals surface area contributed by atoms with Crippen LogP contribution in [0.4, 0.5) is 13.6 Å². The second-order valence-corrected chi connectivity index (χ2v) is 7.33. The Bertz CT molecular complexity index is 567. The number of amides is 1. The molecule has 1 fully saturated rings. The minimum Gasteiger partial charge on any atom is -0.444 e. The van der Waals surface area contributed by atoms with Crippen molar-refractivity contribution in [2.24, 2.45) is 0 Å². The molecule has 2 heterocycles. The van der Waals surface area contributed by atoms with E-state index in [1.54, 1.807) is 20.8 Å². The summed E-state index contributed by atoms with van der Waals surface area (Å²) in [6.45, 7) is 5.66. The number of nitrogens with zero attached hydrogens (tertiary/aromatic N) is 2. The quantitative estimate of drug-likeness (QED) is 0.738. The average molecular weight is 377 g/mol. The first-order valence-corrected chi connectivity index (χ1v) is 7.88. The number of halogens is 3. The van der Waals surface area contributed by atoms with E-state index >= 15 is 0 Å². The molecule has 0 spiro atoms. The molecular weight excluding hydrogens is 358 g/mol. The predicted octanol–water partition coefficient (Wildman–Crippen LogP) is 4.18. The molecule has 122 valence electrons. The molecule has 4 nitrogen and oxygen atoms in total. The second-order valence-electron chi connectivity index (χ2n) is 6.42. The van der Waals surface area contributed by atoms with Gasteiger partial charge in [0.05, 0.1) is 0 Å². The van der Waals surface area contributed by atoms with E-state index in [9.17, 15) is 13.6 Å². The van der Waals surface area contributed by atoms with E-state index < -0.39 is 23.2 Å². The molecule has 1 aliphatic heterocycles. The van der Waals surface area contributed by atoms with Crippen molar-refractivity contribution in [1.82, 2.24) is 9.88 Å². The molecule has 0 N–H and O–H groups in total. The minimum atomic E-state index is -1.86. The summed E-state index contributed by atoms with van der Waals surface area (Å²) in [5.41, 5.74) is -2.65. The van der Waals surface area contributed by atoms with Crippen LogP contribution in [0.1, 0.15) is 39.3 Å². The van der Waals surface area contributed by atoms with E-state index in [1.807, 2.05) is 0 Å². The van der Waals surface area contributed by atoms with Crippen molar-refractivity contribution in [3.8, 4) is 0 Å². The summed E-state index contributed by atoms with van der Waals surface area (Å²) in [5.74, 6) is -0.678. The third kappa shape index (κ3) is 3.94. The molecule has 1 aliphatic rings. The van der Waals surface area contributed by atoms with Gasteiger partial charge in [-0.05, 0) is 42.8 Å². The molecule has 1 aromatic rings. The highest BCUT2D eigenvalue weighted by Crippen LogP contribution is 2.37. The molecule has 2 rings (SSSR count). The maximum atomic E-state index is 15.0. The fraction of sp³-hybridized carbons (Fsp3) is 0.600. The average Bonchev–Trinajstić information content (AvgIpc) is 2.36. The molecule has 0 unspecified atom stereocenters. The minimum absolute atomic E-state index is 0.00219. The number of ether oxygens (including phenoxy) is 1. The van der Waals surface area contributed by atoms with Crippen LogP contribution >= 0.6 is 15.9 Å². The smallest absolute Gasteiger partial charge is 0.410 e.